The Morgan fingerprint density at radius 3 is 3.00 bits per heavy atom. The first-order chi connectivity index (χ1) is 5.83. The minimum absolute atomic E-state index is 0.266. The van der Waals surface area contributed by atoms with Crippen molar-refractivity contribution >= 4 is 6.16 Å². The summed E-state index contributed by atoms with van der Waals surface area (Å²) in [6.45, 7) is 2.90. The molecule has 1 unspecified atom stereocenters. The maximum absolute atomic E-state index is 10.8. The third-order valence-electron chi connectivity index (χ3n) is 1.69. The van der Waals surface area contributed by atoms with Crippen molar-refractivity contribution in [1.82, 2.24) is 5.32 Å². The van der Waals surface area contributed by atoms with Gasteiger partial charge in [0, 0.05) is 6.54 Å². The average Bonchev–Trinajstić information content (AvgIpc) is 2.06. The first-order valence-electron chi connectivity index (χ1n) is 4.33. The average molecular weight is 172 g/mol. The summed E-state index contributed by atoms with van der Waals surface area (Å²) in [7, 11) is 0. The van der Waals surface area contributed by atoms with Gasteiger partial charge in [0.25, 0.3) is 0 Å². The van der Waals surface area contributed by atoms with E-state index in [-0.39, 0.29) is 6.23 Å². The molecule has 1 fully saturated rings. The van der Waals surface area contributed by atoms with E-state index in [9.17, 15) is 4.79 Å². The van der Waals surface area contributed by atoms with Crippen molar-refractivity contribution in [1.29, 1.82) is 0 Å². The van der Waals surface area contributed by atoms with Gasteiger partial charge in [-0.2, -0.15) is 0 Å². The second-order valence-electron chi connectivity index (χ2n) is 2.66. The highest BCUT2D eigenvalue weighted by Gasteiger charge is 2.18. The molecule has 12 heavy (non-hydrogen) atoms. The van der Waals surface area contributed by atoms with Crippen LogP contribution in [0.15, 0.2) is 0 Å². The molecule has 0 bridgehead atoms. The molecule has 0 aromatic heterocycles. The molecule has 1 atom stereocenters. The Labute approximate surface area is 72.2 Å². The molecule has 0 aromatic rings. The number of nitrogens with zero attached hydrogens (tertiary/aromatic N) is 1. The lowest BCUT2D eigenvalue weighted by molar-refractivity contribution is 0.00282. The molecule has 1 heterocycles. The van der Waals surface area contributed by atoms with Crippen LogP contribution in [0, 0.1) is 0 Å². The monoisotopic (exact) mass is 172 g/mol. The van der Waals surface area contributed by atoms with E-state index in [1.807, 2.05) is 0 Å². The first-order valence-corrected chi connectivity index (χ1v) is 4.33. The summed E-state index contributed by atoms with van der Waals surface area (Å²) in [6.07, 6.45) is 2.14. The van der Waals surface area contributed by atoms with Crippen LogP contribution < -0.4 is 5.32 Å². The molecule has 1 saturated heterocycles. The molecule has 0 spiro atoms. The quantitative estimate of drug-likeness (QED) is 0.589. The Hall–Kier alpha value is -0.770. The number of rotatable bonds is 2. The number of hydrogen-bond donors (Lipinski definition) is 0. The van der Waals surface area contributed by atoms with Crippen molar-refractivity contribution < 1.29 is 14.3 Å². The van der Waals surface area contributed by atoms with Gasteiger partial charge in [0.05, 0.1) is 6.61 Å². The van der Waals surface area contributed by atoms with Gasteiger partial charge in [-0.05, 0) is 26.2 Å². The van der Waals surface area contributed by atoms with E-state index in [1.165, 1.54) is 0 Å². The van der Waals surface area contributed by atoms with Gasteiger partial charge >= 0.3 is 6.16 Å². The predicted molar refractivity (Wildman–Crippen MR) is 42.7 cm³/mol. The van der Waals surface area contributed by atoms with Crippen LogP contribution in [-0.4, -0.2) is 25.5 Å². The molecule has 0 saturated carbocycles. The first kappa shape index (κ1) is 9.32. The normalized spacial score (nSPS) is 23.2. The van der Waals surface area contributed by atoms with Gasteiger partial charge in [0.15, 0.2) is 6.23 Å². The van der Waals surface area contributed by atoms with Gasteiger partial charge in [-0.15, -0.1) is 0 Å². The molecular formula is C8H14NO3. The van der Waals surface area contributed by atoms with Crippen molar-refractivity contribution in [2.24, 2.45) is 0 Å². The van der Waals surface area contributed by atoms with Gasteiger partial charge in [-0.25, -0.2) is 10.1 Å². The highest BCUT2D eigenvalue weighted by Crippen LogP contribution is 2.10. The van der Waals surface area contributed by atoms with Gasteiger partial charge in [0.2, 0.25) is 0 Å². The van der Waals surface area contributed by atoms with Crippen LogP contribution in [0.25, 0.3) is 0 Å². The Kier molecular flexibility index (Phi) is 3.87. The molecule has 69 valence electrons. The van der Waals surface area contributed by atoms with Crippen molar-refractivity contribution in [2.75, 3.05) is 13.2 Å². The van der Waals surface area contributed by atoms with Crippen molar-refractivity contribution in [3.63, 3.8) is 0 Å². The van der Waals surface area contributed by atoms with Crippen LogP contribution in [0.2, 0.25) is 0 Å². The summed E-state index contributed by atoms with van der Waals surface area (Å²) >= 11 is 0. The Morgan fingerprint density at radius 1 is 1.58 bits per heavy atom. The van der Waals surface area contributed by atoms with E-state index >= 15 is 0 Å². The molecular weight excluding hydrogens is 158 g/mol. The number of piperidine rings is 1. The van der Waals surface area contributed by atoms with Crippen LogP contribution in [0.3, 0.4) is 0 Å². The highest BCUT2D eigenvalue weighted by molar-refractivity contribution is 5.59. The molecule has 1 rings (SSSR count). The second kappa shape index (κ2) is 4.98. The van der Waals surface area contributed by atoms with Gasteiger partial charge in [-0.1, -0.05) is 0 Å². The maximum atomic E-state index is 10.8. The maximum Gasteiger partial charge on any atom is 0.509 e. The van der Waals surface area contributed by atoms with Gasteiger partial charge < -0.3 is 9.47 Å². The van der Waals surface area contributed by atoms with Crippen LogP contribution in [0.4, 0.5) is 4.79 Å². The van der Waals surface area contributed by atoms with Gasteiger partial charge in [0.1, 0.15) is 0 Å². The minimum Gasteiger partial charge on any atom is -0.435 e. The topological polar surface area (TPSA) is 49.6 Å². The summed E-state index contributed by atoms with van der Waals surface area (Å²) < 4.78 is 9.53. The van der Waals surface area contributed by atoms with E-state index in [0.717, 1.165) is 25.8 Å². The Bertz CT molecular complexity index is 143. The smallest absolute Gasteiger partial charge is 0.435 e. The van der Waals surface area contributed by atoms with Crippen LogP contribution in [-0.2, 0) is 9.47 Å². The number of carbonyl (C=O) groups excluding carboxylic acids is 1. The van der Waals surface area contributed by atoms with Crippen molar-refractivity contribution in [2.45, 2.75) is 32.4 Å². The molecule has 0 N–H and O–H groups in total. The van der Waals surface area contributed by atoms with Crippen LogP contribution in [0.5, 0.6) is 0 Å². The summed E-state index contributed by atoms with van der Waals surface area (Å²) in [5.74, 6) is 0. The molecule has 0 amide bonds. The largest absolute Gasteiger partial charge is 0.509 e. The van der Waals surface area contributed by atoms with E-state index < -0.39 is 6.16 Å². The third-order valence-corrected chi connectivity index (χ3v) is 1.69. The van der Waals surface area contributed by atoms with Gasteiger partial charge in [-0.3, -0.25) is 0 Å². The molecule has 0 aromatic carbocycles. The molecule has 4 heteroatoms. The Morgan fingerprint density at radius 2 is 2.42 bits per heavy atom. The fourth-order valence-electron chi connectivity index (χ4n) is 1.12. The molecule has 4 nitrogen and oxygen atoms in total. The molecule has 1 aliphatic heterocycles. The predicted octanol–water partition coefficient (Wildman–Crippen LogP) is 1.27. The zero-order valence-corrected chi connectivity index (χ0v) is 7.28. The van der Waals surface area contributed by atoms with Crippen molar-refractivity contribution in [3.05, 3.63) is 0 Å². The van der Waals surface area contributed by atoms with Crippen LogP contribution in [0.1, 0.15) is 26.2 Å². The zero-order valence-electron chi connectivity index (χ0n) is 7.28. The number of ether oxygens (including phenoxy) is 2. The Balaban J connectivity index is 2.15. The molecule has 0 aliphatic carbocycles. The zero-order chi connectivity index (χ0) is 8.81. The molecule has 1 aliphatic rings. The lowest BCUT2D eigenvalue weighted by Crippen LogP contribution is -2.32. The SMILES string of the molecule is CCOC(=O)OC1CCCC[N]1. The molecule has 1 radical (unpaired) electrons. The number of hydrogen-bond acceptors (Lipinski definition) is 3. The van der Waals surface area contributed by atoms with E-state index in [1.54, 1.807) is 6.92 Å². The lowest BCUT2D eigenvalue weighted by atomic mass is 10.1. The van der Waals surface area contributed by atoms with E-state index in [2.05, 4.69) is 10.1 Å². The van der Waals surface area contributed by atoms with E-state index in [4.69, 9.17) is 4.74 Å². The highest BCUT2D eigenvalue weighted by atomic mass is 16.7. The van der Waals surface area contributed by atoms with Crippen molar-refractivity contribution in [3.8, 4) is 0 Å². The minimum atomic E-state index is -0.604. The summed E-state index contributed by atoms with van der Waals surface area (Å²) in [4.78, 5) is 10.8. The summed E-state index contributed by atoms with van der Waals surface area (Å²) in [6, 6.07) is 0. The van der Waals surface area contributed by atoms with E-state index in [0.29, 0.717) is 6.61 Å². The summed E-state index contributed by atoms with van der Waals surface area (Å²) in [5.41, 5.74) is 0. The second-order valence-corrected chi connectivity index (χ2v) is 2.66. The summed E-state index contributed by atoms with van der Waals surface area (Å²) in [5, 5.41) is 4.13. The standard InChI is InChI=1S/C8H14NO3/c1-2-11-8(10)12-7-5-3-4-6-9-7/h7H,2-6H2,1H3. The third kappa shape index (κ3) is 3.09. The fourth-order valence-corrected chi connectivity index (χ4v) is 1.12. The lowest BCUT2D eigenvalue weighted by Gasteiger charge is -2.20. The fraction of sp³-hybridized carbons (Fsp3) is 0.875. The van der Waals surface area contributed by atoms with Crippen LogP contribution >= 0.6 is 0 Å². The number of carbonyl (C=O) groups is 1.